The third-order valence-electron chi connectivity index (χ3n) is 5.80. The second kappa shape index (κ2) is 11.1. The number of hydrogen-bond acceptors (Lipinski definition) is 6. The largest absolute Gasteiger partial charge is 0.468 e. The van der Waals surface area contributed by atoms with Crippen LogP contribution in [0.1, 0.15) is 55.7 Å². The van der Waals surface area contributed by atoms with Gasteiger partial charge in [-0.1, -0.05) is 41.0 Å². The van der Waals surface area contributed by atoms with Crippen LogP contribution in [0.4, 0.5) is 5.69 Å². The molecule has 1 aliphatic heterocycles. The fraction of sp³-hybridized carbons (Fsp3) is 0.321. The second-order valence-electron chi connectivity index (χ2n) is 8.86. The summed E-state index contributed by atoms with van der Waals surface area (Å²) in [6.07, 6.45) is 8.56. The molecule has 2 aromatic rings. The number of benzene rings is 1. The van der Waals surface area contributed by atoms with Crippen molar-refractivity contribution < 1.29 is 18.8 Å². The van der Waals surface area contributed by atoms with Crippen molar-refractivity contribution in [3.8, 4) is 5.95 Å². The molecule has 0 bridgehead atoms. The van der Waals surface area contributed by atoms with Crippen molar-refractivity contribution >= 4 is 11.8 Å². The Morgan fingerprint density at radius 3 is 2.34 bits per heavy atom. The Morgan fingerprint density at radius 1 is 1.06 bits per heavy atom. The molecule has 0 N–H and O–H groups in total. The number of methoxy groups -OCH3 is 1. The minimum absolute atomic E-state index is 0.0788. The molecule has 184 valence electrons. The Hall–Kier alpha value is -3.71. The molecule has 7 nitrogen and oxygen atoms in total. The van der Waals surface area contributed by atoms with Gasteiger partial charge in [-0.2, -0.15) is 0 Å². The van der Waals surface area contributed by atoms with E-state index in [2.05, 4.69) is 18.2 Å². The lowest BCUT2D eigenvalue weighted by Gasteiger charge is -2.13. The van der Waals surface area contributed by atoms with Gasteiger partial charge in [0, 0.05) is 24.1 Å². The molecule has 35 heavy (non-hydrogen) atoms. The molecule has 2 heterocycles. The van der Waals surface area contributed by atoms with E-state index in [0.717, 1.165) is 27.9 Å². The van der Waals surface area contributed by atoms with Crippen LogP contribution in [0.5, 0.6) is 5.95 Å². The van der Waals surface area contributed by atoms with Crippen molar-refractivity contribution in [2.24, 2.45) is 0 Å². The molecule has 7 heteroatoms. The highest BCUT2D eigenvalue weighted by atomic mass is 16.6. The third kappa shape index (κ3) is 6.45. The van der Waals surface area contributed by atoms with Gasteiger partial charge in [0.05, 0.1) is 24.2 Å². The normalized spacial score (nSPS) is 18.3. The Morgan fingerprint density at radius 2 is 1.71 bits per heavy atom. The molecule has 0 radical (unpaired) electrons. The number of hydrogen-bond donors (Lipinski definition) is 0. The van der Waals surface area contributed by atoms with Crippen LogP contribution in [0.25, 0.3) is 6.08 Å². The molecule has 0 unspecified atom stereocenters. The highest BCUT2D eigenvalue weighted by Crippen LogP contribution is 2.35. The molecule has 1 fully saturated rings. The minimum Gasteiger partial charge on any atom is -0.468 e. The van der Waals surface area contributed by atoms with Crippen molar-refractivity contribution in [2.75, 3.05) is 13.7 Å². The highest BCUT2D eigenvalue weighted by Gasteiger charge is 2.28. The van der Waals surface area contributed by atoms with Gasteiger partial charge in [0.2, 0.25) is 0 Å². The lowest BCUT2D eigenvalue weighted by atomic mass is 10.0. The smallest absolute Gasteiger partial charge is 0.291 e. The molecule has 1 atom stereocenters. The summed E-state index contributed by atoms with van der Waals surface area (Å²) in [5, 5.41) is 10.8. The van der Waals surface area contributed by atoms with E-state index in [-0.39, 0.29) is 23.2 Å². The summed E-state index contributed by atoms with van der Waals surface area (Å²) in [6.45, 7) is 9.97. The number of nitro groups is 1. The van der Waals surface area contributed by atoms with Crippen molar-refractivity contribution in [3.05, 3.63) is 108 Å². The van der Waals surface area contributed by atoms with E-state index in [9.17, 15) is 14.9 Å². The van der Waals surface area contributed by atoms with E-state index < -0.39 is 4.92 Å². The van der Waals surface area contributed by atoms with Crippen LogP contribution >= 0.6 is 0 Å². The molecular formula is C28H31NO6. The monoisotopic (exact) mass is 477 g/mol. The molecular weight excluding hydrogens is 446 g/mol. The first-order valence-electron chi connectivity index (χ1n) is 11.4. The average molecular weight is 478 g/mol. The number of allylic oxidation sites excluding steroid dienone is 6. The molecule has 0 amide bonds. The molecule has 3 rings (SSSR count). The van der Waals surface area contributed by atoms with Gasteiger partial charge in [-0.25, -0.2) is 0 Å². The minimum atomic E-state index is -0.404. The average Bonchev–Trinajstić information content (AvgIpc) is 3.25. The van der Waals surface area contributed by atoms with Crippen LogP contribution < -0.4 is 10.2 Å². The summed E-state index contributed by atoms with van der Waals surface area (Å²) in [5.74, 6) is 0.746. The van der Waals surface area contributed by atoms with Crippen molar-refractivity contribution in [1.82, 2.24) is 0 Å². The summed E-state index contributed by atoms with van der Waals surface area (Å²) in [6, 6.07) is 6.48. The lowest BCUT2D eigenvalue weighted by molar-refractivity contribution is -0.384. The summed E-state index contributed by atoms with van der Waals surface area (Å²) in [4.78, 5) is 22.9. The van der Waals surface area contributed by atoms with Gasteiger partial charge >= 0.3 is 0 Å². The fourth-order valence-electron chi connectivity index (χ4n) is 4.19. The maximum Gasteiger partial charge on any atom is 0.291 e. The van der Waals surface area contributed by atoms with E-state index in [1.807, 2.05) is 26.8 Å². The Labute approximate surface area is 205 Å². The van der Waals surface area contributed by atoms with Crippen LogP contribution in [0.15, 0.2) is 74.0 Å². The van der Waals surface area contributed by atoms with Gasteiger partial charge in [0.1, 0.15) is 11.9 Å². The van der Waals surface area contributed by atoms with Crippen LogP contribution in [-0.2, 0) is 4.74 Å². The lowest BCUT2D eigenvalue weighted by Crippen LogP contribution is -2.15. The summed E-state index contributed by atoms with van der Waals surface area (Å²) in [7, 11) is 1.48. The Bertz CT molecular complexity index is 1290. The summed E-state index contributed by atoms with van der Waals surface area (Å²) < 4.78 is 17.0. The second-order valence-corrected chi connectivity index (χ2v) is 8.86. The van der Waals surface area contributed by atoms with E-state index in [4.69, 9.17) is 13.9 Å². The van der Waals surface area contributed by atoms with Crippen LogP contribution in [0.3, 0.4) is 0 Å². The van der Waals surface area contributed by atoms with Crippen LogP contribution in [-0.4, -0.2) is 18.6 Å². The summed E-state index contributed by atoms with van der Waals surface area (Å²) >= 11 is 0. The number of rotatable bonds is 7. The zero-order valence-corrected chi connectivity index (χ0v) is 21.0. The zero-order valence-electron chi connectivity index (χ0n) is 21.0. The first-order chi connectivity index (χ1) is 16.6. The molecule has 0 aliphatic carbocycles. The summed E-state index contributed by atoms with van der Waals surface area (Å²) in [5.41, 5.74) is 6.23. The molecule has 1 aromatic heterocycles. The van der Waals surface area contributed by atoms with Gasteiger partial charge in [0.25, 0.3) is 11.6 Å². The van der Waals surface area contributed by atoms with E-state index >= 15 is 0 Å². The van der Waals surface area contributed by atoms with Gasteiger partial charge in [0.15, 0.2) is 5.43 Å². The Kier molecular flexibility index (Phi) is 8.25. The Balaban J connectivity index is 1.71. The van der Waals surface area contributed by atoms with E-state index in [0.29, 0.717) is 29.9 Å². The number of ether oxygens (including phenoxy) is 2. The predicted octanol–water partition coefficient (Wildman–Crippen LogP) is 6.56. The number of non-ortho nitro benzene ring substituents is 1. The first kappa shape index (κ1) is 25.9. The number of nitro benzene ring substituents is 1. The molecule has 1 aliphatic rings. The maximum absolute atomic E-state index is 12.5. The first-order valence-corrected chi connectivity index (χ1v) is 11.4. The van der Waals surface area contributed by atoms with Gasteiger partial charge in [-0.05, 0) is 57.9 Å². The van der Waals surface area contributed by atoms with Gasteiger partial charge in [-0.15, -0.1) is 0 Å². The number of nitrogens with zero attached hydrogens (tertiary/aromatic N) is 1. The highest BCUT2D eigenvalue weighted by molar-refractivity contribution is 5.57. The van der Waals surface area contributed by atoms with Crippen LogP contribution in [0.2, 0.25) is 0 Å². The maximum atomic E-state index is 12.5. The quantitative estimate of drug-likeness (QED) is 0.255. The molecule has 0 saturated carbocycles. The fourth-order valence-corrected chi connectivity index (χ4v) is 4.19. The third-order valence-corrected chi connectivity index (χ3v) is 5.80. The molecule has 1 aromatic carbocycles. The standard InChI is InChI=1S/C28H31NO6/c1-17(11-18(2)13-22-7-9-24(10-8-22)29(31)32)12-19(3)14-23-15-25(34-16-23)27-20(4)26(30)21(5)28(33-6)35-27/h7-14,25H,15-16H2,1-6H3/b17-11+,18-13+,19-12+,23-14+/t25-/m1/s1. The van der Waals surface area contributed by atoms with Gasteiger partial charge in [-0.3, -0.25) is 14.9 Å². The topological polar surface area (TPSA) is 91.8 Å². The SMILES string of the molecule is COc1oc([C@H]2C\C(=C/C(C)=C/C(C)=C/C(C)=C/c3ccc([N+](=O)[O-])cc3)CO2)c(C)c(=O)c1C. The molecule has 1 saturated heterocycles. The van der Waals surface area contributed by atoms with Crippen molar-refractivity contribution in [1.29, 1.82) is 0 Å². The van der Waals surface area contributed by atoms with Crippen molar-refractivity contribution in [2.45, 2.75) is 47.1 Å². The van der Waals surface area contributed by atoms with E-state index in [1.54, 1.807) is 26.0 Å². The van der Waals surface area contributed by atoms with E-state index in [1.165, 1.54) is 19.2 Å². The molecule has 0 spiro atoms. The van der Waals surface area contributed by atoms with Gasteiger partial charge < -0.3 is 13.9 Å². The van der Waals surface area contributed by atoms with Crippen molar-refractivity contribution in [3.63, 3.8) is 0 Å². The van der Waals surface area contributed by atoms with Crippen LogP contribution in [0, 0.1) is 24.0 Å². The predicted molar refractivity (Wildman–Crippen MR) is 137 cm³/mol. The zero-order chi connectivity index (χ0) is 25.7.